The van der Waals surface area contributed by atoms with Gasteiger partial charge in [0.15, 0.2) is 0 Å². The third kappa shape index (κ3) is 2.06. The van der Waals surface area contributed by atoms with Gasteiger partial charge < -0.3 is 19.4 Å². The molecule has 22 heavy (non-hydrogen) atoms. The molecule has 0 saturated carbocycles. The van der Waals surface area contributed by atoms with Gasteiger partial charge in [-0.1, -0.05) is 18.2 Å². The second kappa shape index (κ2) is 5.44. The maximum Gasteiger partial charge on any atom is 0.133 e. The number of nitrogens with zero attached hydrogens (tertiary/aromatic N) is 3. The highest BCUT2D eigenvalue weighted by Gasteiger charge is 2.35. The molecule has 1 aliphatic rings. The molecule has 0 aromatic heterocycles. The van der Waals surface area contributed by atoms with Crippen LogP contribution in [-0.2, 0) is 0 Å². The van der Waals surface area contributed by atoms with Crippen LogP contribution in [0.15, 0.2) is 42.5 Å². The summed E-state index contributed by atoms with van der Waals surface area (Å²) >= 11 is 0. The van der Waals surface area contributed by atoms with Crippen molar-refractivity contribution in [1.82, 2.24) is 0 Å². The first kappa shape index (κ1) is 14.6. The van der Waals surface area contributed by atoms with Crippen LogP contribution in [0.2, 0.25) is 0 Å². The second-order valence-corrected chi connectivity index (χ2v) is 5.87. The Balaban J connectivity index is 2.17. The lowest BCUT2D eigenvalue weighted by atomic mass is 10.1. The zero-order valence-electron chi connectivity index (χ0n) is 13.9. The highest BCUT2D eigenvalue weighted by molar-refractivity contribution is 5.79. The summed E-state index contributed by atoms with van der Waals surface area (Å²) in [5, 5.41) is 0. The molecule has 116 valence electrons. The normalized spacial score (nSPS) is 14.2. The number of benzene rings is 2. The van der Waals surface area contributed by atoms with Gasteiger partial charge in [-0.25, -0.2) is 0 Å². The van der Waals surface area contributed by atoms with Crippen molar-refractivity contribution in [2.75, 3.05) is 50.0 Å². The Morgan fingerprint density at radius 2 is 1.50 bits per heavy atom. The minimum absolute atomic E-state index is 0.117. The molecule has 0 spiro atoms. The van der Waals surface area contributed by atoms with Crippen LogP contribution in [0.5, 0.6) is 5.75 Å². The van der Waals surface area contributed by atoms with Gasteiger partial charge in [0, 0.05) is 33.9 Å². The Kier molecular flexibility index (Phi) is 3.61. The number of fused-ring (bicyclic) bond motifs is 1. The van der Waals surface area contributed by atoms with E-state index in [1.807, 2.05) is 12.1 Å². The van der Waals surface area contributed by atoms with E-state index < -0.39 is 0 Å². The van der Waals surface area contributed by atoms with Gasteiger partial charge in [0.2, 0.25) is 0 Å². The molecule has 2 aromatic carbocycles. The summed E-state index contributed by atoms with van der Waals surface area (Å²) in [6, 6.07) is 14.7. The number of para-hydroxylation sites is 2. The van der Waals surface area contributed by atoms with Crippen molar-refractivity contribution in [3.05, 3.63) is 48.0 Å². The molecule has 0 saturated heterocycles. The van der Waals surface area contributed by atoms with Crippen molar-refractivity contribution in [3.63, 3.8) is 0 Å². The molecule has 0 atom stereocenters. The molecule has 4 heteroatoms. The fraction of sp³-hybridized carbons (Fsp3) is 0.333. The van der Waals surface area contributed by atoms with Crippen molar-refractivity contribution in [2.45, 2.75) is 6.17 Å². The van der Waals surface area contributed by atoms with E-state index in [0.29, 0.717) is 0 Å². The summed E-state index contributed by atoms with van der Waals surface area (Å²) in [5.41, 5.74) is 4.85. The lowest BCUT2D eigenvalue weighted by Crippen LogP contribution is -2.32. The topological polar surface area (TPSA) is 19.0 Å². The van der Waals surface area contributed by atoms with Crippen LogP contribution in [-0.4, -0.2) is 35.3 Å². The fourth-order valence-electron chi connectivity index (χ4n) is 3.33. The lowest BCUT2D eigenvalue weighted by Gasteiger charge is -2.32. The SMILES string of the molecule is COc1cccc(N(C)C)c1C1N(C)c2ccccc2N1C. The van der Waals surface area contributed by atoms with Crippen LogP contribution in [0.3, 0.4) is 0 Å². The van der Waals surface area contributed by atoms with Gasteiger partial charge in [0.1, 0.15) is 11.9 Å². The van der Waals surface area contributed by atoms with Crippen LogP contribution in [0.4, 0.5) is 17.1 Å². The summed E-state index contributed by atoms with van der Waals surface area (Å²) < 4.78 is 5.66. The van der Waals surface area contributed by atoms with Gasteiger partial charge in [-0.2, -0.15) is 0 Å². The average Bonchev–Trinajstić information content (AvgIpc) is 2.78. The van der Waals surface area contributed by atoms with Crippen molar-refractivity contribution in [3.8, 4) is 5.75 Å². The van der Waals surface area contributed by atoms with Crippen molar-refractivity contribution in [2.24, 2.45) is 0 Å². The summed E-state index contributed by atoms with van der Waals surface area (Å²) in [6.45, 7) is 0. The van der Waals surface area contributed by atoms with E-state index in [-0.39, 0.29) is 6.17 Å². The van der Waals surface area contributed by atoms with E-state index in [2.05, 4.69) is 73.2 Å². The predicted octanol–water partition coefficient (Wildman–Crippen LogP) is 3.35. The number of ether oxygens (including phenoxy) is 1. The number of hydrogen-bond donors (Lipinski definition) is 0. The zero-order chi connectivity index (χ0) is 15.9. The molecule has 1 heterocycles. The van der Waals surface area contributed by atoms with Gasteiger partial charge in [-0.05, 0) is 24.3 Å². The lowest BCUT2D eigenvalue weighted by molar-refractivity contribution is 0.405. The number of rotatable bonds is 3. The van der Waals surface area contributed by atoms with Crippen molar-refractivity contribution < 1.29 is 4.74 Å². The van der Waals surface area contributed by atoms with Crippen LogP contribution in [0.1, 0.15) is 11.7 Å². The Morgan fingerprint density at radius 3 is 2.00 bits per heavy atom. The summed E-state index contributed by atoms with van der Waals surface area (Å²) in [7, 11) is 10.2. The highest BCUT2D eigenvalue weighted by Crippen LogP contribution is 2.48. The summed E-state index contributed by atoms with van der Waals surface area (Å²) in [4.78, 5) is 6.75. The molecule has 0 N–H and O–H groups in total. The number of hydrogen-bond acceptors (Lipinski definition) is 4. The molecule has 0 fully saturated rings. The van der Waals surface area contributed by atoms with Crippen LogP contribution < -0.4 is 19.4 Å². The smallest absolute Gasteiger partial charge is 0.133 e. The largest absolute Gasteiger partial charge is 0.496 e. The zero-order valence-corrected chi connectivity index (χ0v) is 13.9. The van der Waals surface area contributed by atoms with Crippen molar-refractivity contribution in [1.29, 1.82) is 0 Å². The first-order valence-corrected chi connectivity index (χ1v) is 7.45. The molecule has 0 amide bonds. The molecule has 3 rings (SSSR count). The average molecular weight is 297 g/mol. The molecular weight excluding hydrogens is 274 g/mol. The first-order chi connectivity index (χ1) is 10.6. The van der Waals surface area contributed by atoms with E-state index >= 15 is 0 Å². The third-order valence-corrected chi connectivity index (χ3v) is 4.38. The van der Waals surface area contributed by atoms with Crippen molar-refractivity contribution >= 4 is 17.1 Å². The second-order valence-electron chi connectivity index (χ2n) is 5.87. The van der Waals surface area contributed by atoms with Crippen LogP contribution in [0, 0.1) is 0 Å². The van der Waals surface area contributed by atoms with E-state index in [4.69, 9.17) is 4.74 Å². The first-order valence-electron chi connectivity index (χ1n) is 7.45. The van der Waals surface area contributed by atoms with Gasteiger partial charge >= 0.3 is 0 Å². The Hall–Kier alpha value is -2.36. The van der Waals surface area contributed by atoms with E-state index in [9.17, 15) is 0 Å². The third-order valence-electron chi connectivity index (χ3n) is 4.38. The van der Waals surface area contributed by atoms with Crippen LogP contribution >= 0.6 is 0 Å². The fourth-order valence-corrected chi connectivity index (χ4v) is 3.33. The molecule has 4 nitrogen and oxygen atoms in total. The minimum atomic E-state index is 0.117. The van der Waals surface area contributed by atoms with Gasteiger partial charge in [0.05, 0.1) is 24.0 Å². The molecule has 0 unspecified atom stereocenters. The number of anilines is 3. The summed E-state index contributed by atoms with van der Waals surface area (Å²) in [6.07, 6.45) is 0.117. The minimum Gasteiger partial charge on any atom is -0.496 e. The Morgan fingerprint density at radius 1 is 0.909 bits per heavy atom. The van der Waals surface area contributed by atoms with E-state index in [0.717, 1.165) is 5.75 Å². The maximum absolute atomic E-state index is 5.66. The van der Waals surface area contributed by atoms with Gasteiger partial charge in [0.25, 0.3) is 0 Å². The van der Waals surface area contributed by atoms with Gasteiger partial charge in [-0.3, -0.25) is 0 Å². The Bertz CT molecular complexity index is 655. The number of methoxy groups -OCH3 is 1. The molecule has 0 radical (unpaired) electrons. The van der Waals surface area contributed by atoms with E-state index in [1.165, 1.54) is 22.6 Å². The van der Waals surface area contributed by atoms with Gasteiger partial charge in [-0.15, -0.1) is 0 Å². The monoisotopic (exact) mass is 297 g/mol. The highest BCUT2D eigenvalue weighted by atomic mass is 16.5. The summed E-state index contributed by atoms with van der Waals surface area (Å²) in [5.74, 6) is 0.919. The predicted molar refractivity (Wildman–Crippen MR) is 93.3 cm³/mol. The standard InChI is InChI=1S/C18H23N3O/c1-19(2)15-11-8-12-16(22-5)17(15)18-20(3)13-9-6-7-10-14(13)21(18)4/h6-12,18H,1-5H3. The molecule has 0 aliphatic carbocycles. The van der Waals surface area contributed by atoms with E-state index in [1.54, 1.807) is 7.11 Å². The van der Waals surface area contributed by atoms with Crippen LogP contribution in [0.25, 0.3) is 0 Å². The molecule has 2 aromatic rings. The quantitative estimate of drug-likeness (QED) is 0.865. The molecule has 0 bridgehead atoms. The molecular formula is C18H23N3O. The Labute approximate surface area is 132 Å². The maximum atomic E-state index is 5.66. The molecule has 1 aliphatic heterocycles.